The van der Waals surface area contributed by atoms with Crippen LogP contribution in [0.2, 0.25) is 0 Å². The molecular formula is C8H5F3N2. The Bertz CT molecular complexity index is 368. The summed E-state index contributed by atoms with van der Waals surface area (Å²) in [6.45, 7) is 1.27. The minimum atomic E-state index is -2.94. The predicted molar refractivity (Wildman–Crippen MR) is 38.6 cm³/mol. The normalized spacial score (nSPS) is 10.2. The molecule has 0 aliphatic heterocycles. The van der Waals surface area contributed by atoms with E-state index in [0.29, 0.717) is 0 Å². The van der Waals surface area contributed by atoms with E-state index in [2.05, 4.69) is 4.98 Å². The Balaban J connectivity index is 3.41. The lowest BCUT2D eigenvalue weighted by Crippen LogP contribution is -2.00. The number of aryl methyl sites for hydroxylation is 1. The van der Waals surface area contributed by atoms with Crippen molar-refractivity contribution in [1.82, 2.24) is 4.98 Å². The summed E-state index contributed by atoms with van der Waals surface area (Å²) in [7, 11) is 0. The molecule has 0 aliphatic rings. The van der Waals surface area contributed by atoms with Crippen LogP contribution in [0.1, 0.15) is 23.2 Å². The molecule has 0 atom stereocenters. The SMILES string of the molecule is Cc1ncc(C#N)c(F)c1C(F)F. The first-order chi connectivity index (χ1) is 6.07. The van der Waals surface area contributed by atoms with Crippen molar-refractivity contribution in [2.24, 2.45) is 0 Å². The summed E-state index contributed by atoms with van der Waals surface area (Å²) in [5.74, 6) is -1.18. The number of nitrogens with zero attached hydrogens (tertiary/aromatic N) is 2. The van der Waals surface area contributed by atoms with Crippen molar-refractivity contribution in [2.45, 2.75) is 13.3 Å². The third kappa shape index (κ3) is 1.61. The van der Waals surface area contributed by atoms with Gasteiger partial charge < -0.3 is 0 Å². The van der Waals surface area contributed by atoms with E-state index in [1.807, 2.05) is 0 Å². The Kier molecular flexibility index (Phi) is 2.52. The van der Waals surface area contributed by atoms with Crippen LogP contribution in [0.5, 0.6) is 0 Å². The van der Waals surface area contributed by atoms with E-state index in [9.17, 15) is 13.2 Å². The average molecular weight is 186 g/mol. The van der Waals surface area contributed by atoms with Crippen molar-refractivity contribution in [1.29, 1.82) is 5.26 Å². The van der Waals surface area contributed by atoms with Crippen LogP contribution in [0.4, 0.5) is 13.2 Å². The lowest BCUT2D eigenvalue weighted by Gasteiger charge is -2.05. The highest BCUT2D eigenvalue weighted by Gasteiger charge is 2.20. The molecule has 2 nitrogen and oxygen atoms in total. The number of rotatable bonds is 1. The Morgan fingerprint density at radius 1 is 1.54 bits per heavy atom. The predicted octanol–water partition coefficient (Wildman–Crippen LogP) is 2.34. The molecule has 1 rings (SSSR count). The fourth-order valence-electron chi connectivity index (χ4n) is 0.923. The lowest BCUT2D eigenvalue weighted by molar-refractivity contribution is 0.145. The van der Waals surface area contributed by atoms with E-state index in [-0.39, 0.29) is 5.69 Å². The van der Waals surface area contributed by atoms with Crippen LogP contribution < -0.4 is 0 Å². The van der Waals surface area contributed by atoms with E-state index in [1.54, 1.807) is 0 Å². The fraction of sp³-hybridized carbons (Fsp3) is 0.250. The fourth-order valence-corrected chi connectivity index (χ4v) is 0.923. The zero-order chi connectivity index (χ0) is 10.0. The van der Waals surface area contributed by atoms with Crippen molar-refractivity contribution in [3.05, 3.63) is 28.8 Å². The van der Waals surface area contributed by atoms with Crippen LogP contribution in [0.25, 0.3) is 0 Å². The van der Waals surface area contributed by atoms with Gasteiger partial charge in [-0.2, -0.15) is 5.26 Å². The number of alkyl halides is 2. The summed E-state index contributed by atoms with van der Waals surface area (Å²) < 4.78 is 37.5. The zero-order valence-corrected chi connectivity index (χ0v) is 6.68. The summed E-state index contributed by atoms with van der Waals surface area (Å²) in [6.07, 6.45) is -2.00. The summed E-state index contributed by atoms with van der Waals surface area (Å²) in [4.78, 5) is 3.49. The molecule has 1 aromatic rings. The van der Waals surface area contributed by atoms with E-state index in [0.717, 1.165) is 6.20 Å². The van der Waals surface area contributed by atoms with Gasteiger partial charge in [0.25, 0.3) is 6.43 Å². The molecule has 5 heteroatoms. The minimum Gasteiger partial charge on any atom is -0.260 e. The maximum atomic E-state index is 13.0. The molecule has 0 spiro atoms. The first-order valence-corrected chi connectivity index (χ1v) is 3.41. The highest BCUT2D eigenvalue weighted by molar-refractivity contribution is 5.35. The van der Waals surface area contributed by atoms with Gasteiger partial charge in [-0.25, -0.2) is 13.2 Å². The third-order valence-electron chi connectivity index (χ3n) is 1.59. The van der Waals surface area contributed by atoms with Gasteiger partial charge in [0.15, 0.2) is 5.82 Å². The standard InChI is InChI=1S/C8H5F3N2/c1-4-6(8(10)11)7(9)5(2-12)3-13-4/h3,8H,1H3. The number of pyridine rings is 1. The zero-order valence-electron chi connectivity index (χ0n) is 6.68. The third-order valence-corrected chi connectivity index (χ3v) is 1.59. The van der Waals surface area contributed by atoms with Crippen molar-refractivity contribution < 1.29 is 13.2 Å². The molecule has 0 saturated heterocycles. The van der Waals surface area contributed by atoms with E-state index >= 15 is 0 Å². The Morgan fingerprint density at radius 2 is 2.15 bits per heavy atom. The number of aromatic nitrogens is 1. The summed E-state index contributed by atoms with van der Waals surface area (Å²) in [5, 5.41) is 8.34. The molecular weight excluding hydrogens is 181 g/mol. The van der Waals surface area contributed by atoms with E-state index in [4.69, 9.17) is 5.26 Å². The van der Waals surface area contributed by atoms with Gasteiger partial charge in [0.2, 0.25) is 0 Å². The van der Waals surface area contributed by atoms with Gasteiger partial charge in [-0.05, 0) is 6.92 Å². The van der Waals surface area contributed by atoms with Gasteiger partial charge in [0, 0.05) is 11.9 Å². The molecule has 0 amide bonds. The molecule has 0 N–H and O–H groups in total. The quantitative estimate of drug-likeness (QED) is 0.674. The van der Waals surface area contributed by atoms with Gasteiger partial charge in [-0.15, -0.1) is 0 Å². The Morgan fingerprint density at radius 3 is 2.62 bits per heavy atom. The van der Waals surface area contributed by atoms with Crippen LogP contribution in [-0.4, -0.2) is 4.98 Å². The topological polar surface area (TPSA) is 36.7 Å². The van der Waals surface area contributed by atoms with E-state index in [1.165, 1.54) is 13.0 Å². The first-order valence-electron chi connectivity index (χ1n) is 3.41. The molecule has 0 bridgehead atoms. The maximum Gasteiger partial charge on any atom is 0.268 e. The second-order valence-electron chi connectivity index (χ2n) is 2.40. The molecule has 0 radical (unpaired) electrons. The highest BCUT2D eigenvalue weighted by atomic mass is 19.3. The number of halogens is 3. The van der Waals surface area contributed by atoms with Crippen molar-refractivity contribution >= 4 is 0 Å². The first kappa shape index (κ1) is 9.52. The van der Waals surface area contributed by atoms with Crippen molar-refractivity contribution in [2.75, 3.05) is 0 Å². The molecule has 0 saturated carbocycles. The second kappa shape index (κ2) is 3.44. The molecule has 0 fully saturated rings. The monoisotopic (exact) mass is 186 g/mol. The molecule has 0 aromatic carbocycles. The smallest absolute Gasteiger partial charge is 0.260 e. The summed E-state index contributed by atoms with van der Waals surface area (Å²) >= 11 is 0. The second-order valence-corrected chi connectivity index (χ2v) is 2.40. The van der Waals surface area contributed by atoms with Crippen LogP contribution in [0.3, 0.4) is 0 Å². The molecule has 0 aliphatic carbocycles. The van der Waals surface area contributed by atoms with E-state index < -0.39 is 23.4 Å². The molecule has 68 valence electrons. The van der Waals surface area contributed by atoms with Crippen molar-refractivity contribution in [3.63, 3.8) is 0 Å². The summed E-state index contributed by atoms with van der Waals surface area (Å²) in [5.41, 5.74) is -1.34. The van der Waals surface area contributed by atoms with Crippen LogP contribution in [0, 0.1) is 24.1 Å². The molecule has 13 heavy (non-hydrogen) atoms. The van der Waals surface area contributed by atoms with Crippen molar-refractivity contribution in [3.8, 4) is 6.07 Å². The number of hydrogen-bond donors (Lipinski definition) is 0. The number of nitriles is 1. The maximum absolute atomic E-state index is 13.0. The molecule has 1 aromatic heterocycles. The van der Waals surface area contributed by atoms with Crippen LogP contribution >= 0.6 is 0 Å². The van der Waals surface area contributed by atoms with Gasteiger partial charge in [-0.3, -0.25) is 4.98 Å². The van der Waals surface area contributed by atoms with Gasteiger partial charge in [-0.1, -0.05) is 0 Å². The van der Waals surface area contributed by atoms with Gasteiger partial charge >= 0.3 is 0 Å². The van der Waals surface area contributed by atoms with Gasteiger partial charge in [0.05, 0.1) is 5.56 Å². The average Bonchev–Trinajstić information content (AvgIpc) is 2.04. The molecule has 1 heterocycles. The van der Waals surface area contributed by atoms with Gasteiger partial charge in [0.1, 0.15) is 11.6 Å². The minimum absolute atomic E-state index is 0.0912. The van der Waals surface area contributed by atoms with Crippen LogP contribution in [-0.2, 0) is 0 Å². The Hall–Kier alpha value is -1.57. The number of hydrogen-bond acceptors (Lipinski definition) is 2. The highest BCUT2D eigenvalue weighted by Crippen LogP contribution is 2.25. The largest absolute Gasteiger partial charge is 0.268 e. The Labute approximate surface area is 72.6 Å². The summed E-state index contributed by atoms with van der Waals surface area (Å²) in [6, 6.07) is 1.45. The lowest BCUT2D eigenvalue weighted by atomic mass is 10.1. The van der Waals surface area contributed by atoms with Crippen LogP contribution in [0.15, 0.2) is 6.20 Å². The molecule has 0 unspecified atom stereocenters.